The fourth-order valence-electron chi connectivity index (χ4n) is 1.91. The van der Waals surface area contributed by atoms with E-state index in [1.165, 1.54) is 12.1 Å². The van der Waals surface area contributed by atoms with Gasteiger partial charge in [-0.2, -0.15) is 0 Å². The Labute approximate surface area is 99.5 Å². The summed E-state index contributed by atoms with van der Waals surface area (Å²) in [6.45, 7) is 1.91. The van der Waals surface area contributed by atoms with Crippen LogP contribution in [0.3, 0.4) is 0 Å². The van der Waals surface area contributed by atoms with Crippen LogP contribution in [0.25, 0.3) is 0 Å². The van der Waals surface area contributed by atoms with Crippen molar-refractivity contribution >= 4 is 0 Å². The summed E-state index contributed by atoms with van der Waals surface area (Å²) in [5, 5.41) is 10.1. The third-order valence-corrected chi connectivity index (χ3v) is 2.84. The van der Waals surface area contributed by atoms with E-state index in [0.29, 0.717) is 6.42 Å². The number of benzene rings is 1. The molecular formula is C13H15FN2O. The molecule has 0 fully saturated rings. The molecule has 2 aromatic rings. The topological polar surface area (TPSA) is 38.0 Å². The largest absolute Gasteiger partial charge is 0.391 e. The van der Waals surface area contributed by atoms with Gasteiger partial charge in [-0.05, 0) is 24.1 Å². The lowest BCUT2D eigenvalue weighted by Crippen LogP contribution is -2.23. The summed E-state index contributed by atoms with van der Waals surface area (Å²) in [7, 11) is 0. The number of aromatic nitrogens is 2. The number of aliphatic hydroxyl groups excluding tert-OH is 1. The SMILES string of the molecule is CCC(O)C(c1ccc(F)cc1)n1ccnc1. The molecule has 0 aliphatic carbocycles. The molecule has 90 valence electrons. The molecule has 4 heteroatoms. The van der Waals surface area contributed by atoms with Crippen LogP contribution in [-0.4, -0.2) is 20.8 Å². The van der Waals surface area contributed by atoms with Gasteiger partial charge in [0.05, 0.1) is 18.5 Å². The van der Waals surface area contributed by atoms with Crippen molar-refractivity contribution in [2.75, 3.05) is 0 Å². The molecule has 1 aromatic carbocycles. The molecule has 0 spiro atoms. The summed E-state index contributed by atoms with van der Waals surface area (Å²) >= 11 is 0. The van der Waals surface area contributed by atoms with E-state index in [1.54, 1.807) is 30.9 Å². The lowest BCUT2D eigenvalue weighted by molar-refractivity contribution is 0.126. The Morgan fingerprint density at radius 3 is 2.59 bits per heavy atom. The number of rotatable bonds is 4. The minimum Gasteiger partial charge on any atom is -0.391 e. The standard InChI is InChI=1S/C13H15FN2O/c1-2-12(17)13(16-8-7-15-9-16)10-3-5-11(14)6-4-10/h3-9,12-13,17H,2H2,1H3. The number of imidazole rings is 1. The molecule has 2 rings (SSSR count). The van der Waals surface area contributed by atoms with Gasteiger partial charge < -0.3 is 9.67 Å². The molecule has 0 bridgehead atoms. The van der Waals surface area contributed by atoms with Crippen LogP contribution in [0, 0.1) is 5.82 Å². The first-order valence-electron chi connectivity index (χ1n) is 5.63. The highest BCUT2D eigenvalue weighted by molar-refractivity contribution is 5.22. The van der Waals surface area contributed by atoms with Gasteiger partial charge in [-0.15, -0.1) is 0 Å². The van der Waals surface area contributed by atoms with Crippen molar-refractivity contribution in [1.29, 1.82) is 0 Å². The molecule has 2 atom stereocenters. The maximum atomic E-state index is 12.9. The Morgan fingerprint density at radius 2 is 2.06 bits per heavy atom. The Hall–Kier alpha value is -1.68. The molecule has 0 aliphatic heterocycles. The summed E-state index contributed by atoms with van der Waals surface area (Å²) < 4.78 is 14.7. The number of nitrogens with zero attached hydrogens (tertiary/aromatic N) is 2. The number of hydrogen-bond acceptors (Lipinski definition) is 2. The zero-order valence-corrected chi connectivity index (χ0v) is 9.62. The fourth-order valence-corrected chi connectivity index (χ4v) is 1.91. The first kappa shape index (κ1) is 11.8. The van der Waals surface area contributed by atoms with Gasteiger partial charge in [0.1, 0.15) is 5.82 Å². The zero-order valence-electron chi connectivity index (χ0n) is 9.62. The smallest absolute Gasteiger partial charge is 0.123 e. The van der Waals surface area contributed by atoms with E-state index in [1.807, 2.05) is 11.5 Å². The highest BCUT2D eigenvalue weighted by atomic mass is 19.1. The summed E-state index contributed by atoms with van der Waals surface area (Å²) in [4.78, 5) is 3.98. The third-order valence-electron chi connectivity index (χ3n) is 2.84. The monoisotopic (exact) mass is 234 g/mol. The molecule has 1 aromatic heterocycles. The highest BCUT2D eigenvalue weighted by Gasteiger charge is 2.21. The second kappa shape index (κ2) is 5.10. The quantitative estimate of drug-likeness (QED) is 0.882. The maximum absolute atomic E-state index is 12.9. The van der Waals surface area contributed by atoms with Gasteiger partial charge in [-0.25, -0.2) is 9.37 Å². The van der Waals surface area contributed by atoms with Gasteiger partial charge >= 0.3 is 0 Å². The van der Waals surface area contributed by atoms with Gasteiger partial charge in [-0.3, -0.25) is 0 Å². The van der Waals surface area contributed by atoms with E-state index in [9.17, 15) is 9.50 Å². The summed E-state index contributed by atoms with van der Waals surface area (Å²) in [6.07, 6.45) is 5.23. The van der Waals surface area contributed by atoms with Gasteiger partial charge in [0.25, 0.3) is 0 Å². The Kier molecular flexibility index (Phi) is 3.54. The normalized spacial score (nSPS) is 14.5. The van der Waals surface area contributed by atoms with Gasteiger partial charge in [0.2, 0.25) is 0 Å². The number of aliphatic hydroxyl groups is 1. The van der Waals surface area contributed by atoms with Crippen LogP contribution in [0.2, 0.25) is 0 Å². The van der Waals surface area contributed by atoms with Crippen LogP contribution < -0.4 is 0 Å². The predicted octanol–water partition coefficient (Wildman–Crippen LogP) is 2.38. The maximum Gasteiger partial charge on any atom is 0.123 e. The minimum absolute atomic E-state index is 0.219. The molecule has 17 heavy (non-hydrogen) atoms. The molecule has 0 saturated heterocycles. The Morgan fingerprint density at radius 1 is 1.35 bits per heavy atom. The van der Waals surface area contributed by atoms with E-state index in [0.717, 1.165) is 5.56 Å². The van der Waals surface area contributed by atoms with Crippen molar-refractivity contribution in [3.05, 3.63) is 54.4 Å². The molecule has 0 radical (unpaired) electrons. The van der Waals surface area contributed by atoms with Crippen LogP contribution >= 0.6 is 0 Å². The van der Waals surface area contributed by atoms with Crippen LogP contribution in [0.1, 0.15) is 24.9 Å². The molecule has 1 N–H and O–H groups in total. The third kappa shape index (κ3) is 2.53. The second-order valence-corrected chi connectivity index (χ2v) is 3.98. The highest BCUT2D eigenvalue weighted by Crippen LogP contribution is 2.23. The zero-order chi connectivity index (χ0) is 12.3. The summed E-state index contributed by atoms with van der Waals surface area (Å²) in [5.74, 6) is -0.274. The molecule has 2 unspecified atom stereocenters. The molecule has 0 saturated carbocycles. The molecule has 0 aliphatic rings. The Balaban J connectivity index is 2.37. The second-order valence-electron chi connectivity index (χ2n) is 3.98. The molecule has 0 amide bonds. The van der Waals surface area contributed by atoms with E-state index >= 15 is 0 Å². The molecule has 1 heterocycles. The molecular weight excluding hydrogens is 219 g/mol. The lowest BCUT2D eigenvalue weighted by atomic mass is 9.99. The van der Waals surface area contributed by atoms with Crippen LogP contribution in [-0.2, 0) is 0 Å². The first-order chi connectivity index (χ1) is 8.22. The van der Waals surface area contributed by atoms with Crippen molar-refractivity contribution < 1.29 is 9.50 Å². The average Bonchev–Trinajstić information content (AvgIpc) is 2.85. The lowest BCUT2D eigenvalue weighted by Gasteiger charge is -2.23. The van der Waals surface area contributed by atoms with E-state index in [-0.39, 0.29) is 11.9 Å². The Bertz CT molecular complexity index is 453. The van der Waals surface area contributed by atoms with Gasteiger partial charge in [-0.1, -0.05) is 19.1 Å². The number of halogens is 1. The van der Waals surface area contributed by atoms with Crippen molar-refractivity contribution in [1.82, 2.24) is 9.55 Å². The number of hydrogen-bond donors (Lipinski definition) is 1. The molecule has 3 nitrogen and oxygen atoms in total. The minimum atomic E-state index is -0.519. The van der Waals surface area contributed by atoms with Crippen molar-refractivity contribution in [3.8, 4) is 0 Å². The van der Waals surface area contributed by atoms with E-state index < -0.39 is 6.10 Å². The van der Waals surface area contributed by atoms with Crippen LogP contribution in [0.5, 0.6) is 0 Å². The first-order valence-corrected chi connectivity index (χ1v) is 5.63. The van der Waals surface area contributed by atoms with Crippen molar-refractivity contribution in [2.45, 2.75) is 25.5 Å². The van der Waals surface area contributed by atoms with Crippen LogP contribution in [0.15, 0.2) is 43.0 Å². The van der Waals surface area contributed by atoms with Crippen molar-refractivity contribution in [3.63, 3.8) is 0 Å². The van der Waals surface area contributed by atoms with Crippen LogP contribution in [0.4, 0.5) is 4.39 Å². The summed E-state index contributed by atoms with van der Waals surface area (Å²) in [6, 6.07) is 5.98. The van der Waals surface area contributed by atoms with Crippen molar-refractivity contribution in [2.24, 2.45) is 0 Å². The fraction of sp³-hybridized carbons (Fsp3) is 0.308. The van der Waals surface area contributed by atoms with Gasteiger partial charge in [0.15, 0.2) is 0 Å². The van der Waals surface area contributed by atoms with Gasteiger partial charge in [0, 0.05) is 12.4 Å². The van der Waals surface area contributed by atoms with E-state index in [2.05, 4.69) is 4.98 Å². The average molecular weight is 234 g/mol. The predicted molar refractivity (Wildman–Crippen MR) is 63.1 cm³/mol. The van der Waals surface area contributed by atoms with E-state index in [4.69, 9.17) is 0 Å². The summed E-state index contributed by atoms with van der Waals surface area (Å²) in [5.41, 5.74) is 0.874.